The first-order valence-corrected chi connectivity index (χ1v) is 6.98. The molecule has 22 heavy (non-hydrogen) atoms. The largest absolute Gasteiger partial charge is 0.497 e. The summed E-state index contributed by atoms with van der Waals surface area (Å²) in [5.74, 6) is 1.18. The van der Waals surface area contributed by atoms with Crippen LogP contribution in [-0.4, -0.2) is 18.9 Å². The zero-order valence-corrected chi connectivity index (χ0v) is 12.5. The van der Waals surface area contributed by atoms with Gasteiger partial charge in [-0.25, -0.2) is 4.99 Å². The van der Waals surface area contributed by atoms with E-state index in [4.69, 9.17) is 4.74 Å². The van der Waals surface area contributed by atoms with Crippen molar-refractivity contribution in [1.29, 1.82) is 0 Å². The number of nitrogens with zero attached hydrogens (tertiary/aromatic N) is 1. The second-order valence-electron chi connectivity index (χ2n) is 5.08. The fourth-order valence-electron chi connectivity index (χ4n) is 2.17. The molecule has 0 spiro atoms. The molecule has 2 aromatic carbocycles. The monoisotopic (exact) mass is 292 g/mol. The number of methoxy groups -OCH3 is 1. The number of nitrogens with one attached hydrogen (secondary N) is 1. The van der Waals surface area contributed by atoms with E-state index in [-0.39, 0.29) is 5.91 Å². The highest BCUT2D eigenvalue weighted by molar-refractivity contribution is 6.19. The van der Waals surface area contributed by atoms with E-state index in [1.807, 2.05) is 55.5 Å². The second-order valence-corrected chi connectivity index (χ2v) is 5.08. The van der Waals surface area contributed by atoms with E-state index in [2.05, 4.69) is 10.3 Å². The summed E-state index contributed by atoms with van der Waals surface area (Å²) in [6.07, 6.45) is 1.76. The molecule has 0 saturated carbocycles. The minimum atomic E-state index is -0.189. The summed E-state index contributed by atoms with van der Waals surface area (Å²) in [4.78, 5) is 16.4. The van der Waals surface area contributed by atoms with Crippen LogP contribution in [0.15, 0.2) is 59.2 Å². The van der Waals surface area contributed by atoms with Crippen molar-refractivity contribution in [2.45, 2.75) is 6.92 Å². The zero-order valence-electron chi connectivity index (χ0n) is 12.5. The number of aliphatic imine (C=N–C) groups is 1. The van der Waals surface area contributed by atoms with Gasteiger partial charge >= 0.3 is 0 Å². The molecule has 1 aliphatic heterocycles. The number of benzene rings is 2. The summed E-state index contributed by atoms with van der Waals surface area (Å²) in [5.41, 5.74) is 3.38. The fourth-order valence-corrected chi connectivity index (χ4v) is 2.17. The lowest BCUT2D eigenvalue weighted by molar-refractivity contribution is -0.115. The van der Waals surface area contributed by atoms with Crippen LogP contribution in [-0.2, 0) is 4.79 Å². The van der Waals surface area contributed by atoms with Crippen molar-refractivity contribution in [2.75, 3.05) is 7.11 Å². The van der Waals surface area contributed by atoms with Crippen LogP contribution in [0.25, 0.3) is 6.08 Å². The van der Waals surface area contributed by atoms with Gasteiger partial charge in [0.15, 0.2) is 0 Å². The molecule has 0 unspecified atom stereocenters. The SMILES string of the molecule is COc1ccc(/C=C2/N=C(c3ccc(C)cc3)NC2=O)cc1. The van der Waals surface area contributed by atoms with Crippen LogP contribution in [0.2, 0.25) is 0 Å². The van der Waals surface area contributed by atoms with Gasteiger partial charge in [0.05, 0.1) is 7.11 Å². The average molecular weight is 292 g/mol. The molecule has 0 atom stereocenters. The van der Waals surface area contributed by atoms with Crippen molar-refractivity contribution in [3.05, 3.63) is 70.9 Å². The maximum absolute atomic E-state index is 12.0. The maximum Gasteiger partial charge on any atom is 0.275 e. The molecule has 0 saturated heterocycles. The number of carbonyl (C=O) groups is 1. The lowest BCUT2D eigenvalue weighted by atomic mass is 10.1. The third-order valence-electron chi connectivity index (χ3n) is 3.44. The number of hydrogen-bond donors (Lipinski definition) is 1. The van der Waals surface area contributed by atoms with Gasteiger partial charge in [-0.3, -0.25) is 4.79 Å². The van der Waals surface area contributed by atoms with Crippen molar-refractivity contribution >= 4 is 17.8 Å². The summed E-state index contributed by atoms with van der Waals surface area (Å²) in [6, 6.07) is 15.4. The van der Waals surface area contributed by atoms with E-state index in [1.54, 1.807) is 13.2 Å². The lowest BCUT2D eigenvalue weighted by Crippen LogP contribution is -2.24. The van der Waals surface area contributed by atoms with Crippen molar-refractivity contribution in [2.24, 2.45) is 4.99 Å². The van der Waals surface area contributed by atoms with Crippen molar-refractivity contribution in [1.82, 2.24) is 5.32 Å². The molecule has 4 nitrogen and oxygen atoms in total. The van der Waals surface area contributed by atoms with Gasteiger partial charge in [0.25, 0.3) is 5.91 Å². The van der Waals surface area contributed by atoms with Gasteiger partial charge in [0, 0.05) is 5.56 Å². The Labute approximate surface area is 129 Å². The first-order valence-electron chi connectivity index (χ1n) is 6.98. The number of hydrogen-bond acceptors (Lipinski definition) is 3. The minimum absolute atomic E-state index is 0.189. The van der Waals surface area contributed by atoms with E-state index in [9.17, 15) is 4.79 Å². The Morgan fingerprint density at radius 1 is 1.05 bits per heavy atom. The third-order valence-corrected chi connectivity index (χ3v) is 3.44. The molecule has 0 fully saturated rings. The topological polar surface area (TPSA) is 50.7 Å². The zero-order chi connectivity index (χ0) is 15.5. The van der Waals surface area contributed by atoms with Gasteiger partial charge in [-0.15, -0.1) is 0 Å². The number of amides is 1. The summed E-state index contributed by atoms with van der Waals surface area (Å²) in [6.45, 7) is 2.02. The number of ether oxygens (including phenoxy) is 1. The molecule has 0 aromatic heterocycles. The van der Waals surface area contributed by atoms with Gasteiger partial charge < -0.3 is 10.1 Å². The maximum atomic E-state index is 12.0. The standard InChI is InChI=1S/C18H16N2O2/c1-12-3-7-14(8-4-12)17-19-16(18(21)20-17)11-13-5-9-15(22-2)10-6-13/h3-11H,1-2H3,(H,19,20,21)/b16-11+. The van der Waals surface area contributed by atoms with Crippen molar-refractivity contribution in [3.63, 3.8) is 0 Å². The van der Waals surface area contributed by atoms with E-state index in [0.717, 1.165) is 16.9 Å². The Morgan fingerprint density at radius 3 is 2.36 bits per heavy atom. The number of aryl methyl sites for hydroxylation is 1. The molecular weight excluding hydrogens is 276 g/mol. The first kappa shape index (κ1) is 14.1. The molecule has 4 heteroatoms. The molecule has 1 aliphatic rings. The Hall–Kier alpha value is -2.88. The highest BCUT2D eigenvalue weighted by atomic mass is 16.5. The third kappa shape index (κ3) is 2.91. The van der Waals surface area contributed by atoms with Gasteiger partial charge in [-0.05, 0) is 30.7 Å². The van der Waals surface area contributed by atoms with Crippen molar-refractivity contribution < 1.29 is 9.53 Å². The molecule has 1 N–H and O–H groups in total. The molecule has 110 valence electrons. The van der Waals surface area contributed by atoms with Crippen LogP contribution in [0.5, 0.6) is 5.75 Å². The second kappa shape index (κ2) is 5.85. The normalized spacial score (nSPS) is 15.6. The molecule has 1 amide bonds. The molecule has 3 rings (SSSR count). The highest BCUT2D eigenvalue weighted by Crippen LogP contribution is 2.17. The molecule has 2 aromatic rings. The quantitative estimate of drug-likeness (QED) is 0.884. The molecule has 0 radical (unpaired) electrons. The lowest BCUT2D eigenvalue weighted by Gasteiger charge is -2.00. The van der Waals surface area contributed by atoms with Crippen LogP contribution in [0, 0.1) is 6.92 Å². The Balaban J connectivity index is 1.88. The van der Waals surface area contributed by atoms with Crippen LogP contribution in [0.4, 0.5) is 0 Å². The fraction of sp³-hybridized carbons (Fsp3) is 0.111. The van der Waals surface area contributed by atoms with Crippen LogP contribution in [0.1, 0.15) is 16.7 Å². The Morgan fingerprint density at radius 2 is 1.73 bits per heavy atom. The minimum Gasteiger partial charge on any atom is -0.497 e. The molecule has 1 heterocycles. The summed E-state index contributed by atoms with van der Waals surface area (Å²) in [5, 5.41) is 2.80. The number of rotatable bonds is 3. The van der Waals surface area contributed by atoms with Crippen LogP contribution < -0.4 is 10.1 Å². The van der Waals surface area contributed by atoms with Gasteiger partial charge in [-0.2, -0.15) is 0 Å². The van der Waals surface area contributed by atoms with Crippen molar-refractivity contribution in [3.8, 4) is 5.75 Å². The smallest absolute Gasteiger partial charge is 0.275 e. The highest BCUT2D eigenvalue weighted by Gasteiger charge is 2.20. The molecular formula is C18H16N2O2. The first-order chi connectivity index (χ1) is 10.7. The number of carbonyl (C=O) groups excluding carboxylic acids is 1. The molecule has 0 aliphatic carbocycles. The Kier molecular flexibility index (Phi) is 3.74. The van der Waals surface area contributed by atoms with Gasteiger partial charge in [0.1, 0.15) is 17.3 Å². The van der Waals surface area contributed by atoms with Gasteiger partial charge in [-0.1, -0.05) is 42.0 Å². The van der Waals surface area contributed by atoms with E-state index in [1.165, 1.54) is 5.56 Å². The predicted molar refractivity (Wildman–Crippen MR) is 86.8 cm³/mol. The van der Waals surface area contributed by atoms with Gasteiger partial charge in [0.2, 0.25) is 0 Å². The Bertz CT molecular complexity index is 757. The summed E-state index contributed by atoms with van der Waals surface area (Å²) in [7, 11) is 1.62. The van der Waals surface area contributed by atoms with Crippen LogP contribution >= 0.6 is 0 Å². The van der Waals surface area contributed by atoms with Crippen LogP contribution in [0.3, 0.4) is 0 Å². The van der Waals surface area contributed by atoms with E-state index < -0.39 is 0 Å². The molecule has 0 bridgehead atoms. The predicted octanol–water partition coefficient (Wildman–Crippen LogP) is 2.92. The van der Waals surface area contributed by atoms with E-state index >= 15 is 0 Å². The average Bonchev–Trinajstić information content (AvgIpc) is 2.90. The van der Waals surface area contributed by atoms with E-state index in [0.29, 0.717) is 11.5 Å². The number of amidine groups is 1. The summed E-state index contributed by atoms with van der Waals surface area (Å²) < 4.78 is 5.12. The summed E-state index contributed by atoms with van der Waals surface area (Å²) >= 11 is 0.